The zero-order valence-corrected chi connectivity index (χ0v) is 8.34. The van der Waals surface area contributed by atoms with Gasteiger partial charge in [0.2, 0.25) is 0 Å². The van der Waals surface area contributed by atoms with Crippen LogP contribution in [0.25, 0.3) is 0 Å². The number of rotatable bonds is 2. The van der Waals surface area contributed by atoms with Crippen molar-refractivity contribution >= 4 is 5.71 Å². The van der Waals surface area contributed by atoms with Crippen LogP contribution in [0.4, 0.5) is 0 Å². The second-order valence-electron chi connectivity index (χ2n) is 3.76. The lowest BCUT2D eigenvalue weighted by molar-refractivity contribution is 0.206. The van der Waals surface area contributed by atoms with Gasteiger partial charge in [-0.25, -0.2) is 0 Å². The van der Waals surface area contributed by atoms with Crippen molar-refractivity contribution in [3.05, 3.63) is 0 Å². The van der Waals surface area contributed by atoms with Gasteiger partial charge in [0.25, 0.3) is 0 Å². The van der Waals surface area contributed by atoms with E-state index >= 15 is 0 Å². The predicted octanol–water partition coefficient (Wildman–Crippen LogP) is 2.84. The average Bonchev–Trinajstić information content (AvgIpc) is 2.05. The fourth-order valence-electron chi connectivity index (χ4n) is 1.95. The molecule has 2 nitrogen and oxygen atoms in total. The van der Waals surface area contributed by atoms with Crippen LogP contribution in [0.3, 0.4) is 0 Å². The van der Waals surface area contributed by atoms with Crippen LogP contribution in [0.2, 0.25) is 0 Å². The van der Waals surface area contributed by atoms with Crippen molar-refractivity contribution < 1.29 is 4.84 Å². The third-order valence-electron chi connectivity index (χ3n) is 2.74. The van der Waals surface area contributed by atoms with E-state index in [1.807, 2.05) is 0 Å². The lowest BCUT2D eigenvalue weighted by atomic mass is 9.80. The molecule has 1 fully saturated rings. The van der Waals surface area contributed by atoms with Gasteiger partial charge in [0.05, 0.1) is 5.71 Å². The molecule has 0 saturated heterocycles. The molecule has 0 aromatic rings. The van der Waals surface area contributed by atoms with E-state index < -0.39 is 0 Å². The van der Waals surface area contributed by atoms with E-state index in [-0.39, 0.29) is 0 Å². The number of hydrogen-bond donors (Lipinski definition) is 0. The van der Waals surface area contributed by atoms with Crippen LogP contribution in [-0.2, 0) is 4.84 Å². The van der Waals surface area contributed by atoms with Gasteiger partial charge < -0.3 is 4.84 Å². The monoisotopic (exact) mass is 169 g/mol. The summed E-state index contributed by atoms with van der Waals surface area (Å²) in [6.45, 7) is 4.52. The molecule has 1 saturated carbocycles. The molecule has 0 aliphatic heterocycles. The van der Waals surface area contributed by atoms with Crippen LogP contribution < -0.4 is 0 Å². The van der Waals surface area contributed by atoms with E-state index in [1.54, 1.807) is 7.11 Å². The molecule has 1 aliphatic rings. The lowest BCUT2D eigenvalue weighted by Gasteiger charge is -2.26. The van der Waals surface area contributed by atoms with Crippen LogP contribution in [0.15, 0.2) is 5.16 Å². The number of oxime groups is 1. The van der Waals surface area contributed by atoms with Gasteiger partial charge in [-0.3, -0.25) is 0 Å². The minimum absolute atomic E-state index is 0.682. The van der Waals surface area contributed by atoms with Gasteiger partial charge in [-0.1, -0.05) is 19.0 Å². The average molecular weight is 169 g/mol. The Morgan fingerprint density at radius 1 is 1.50 bits per heavy atom. The Labute approximate surface area is 75.0 Å². The molecule has 0 spiro atoms. The van der Waals surface area contributed by atoms with Crippen LogP contribution >= 0.6 is 0 Å². The minimum Gasteiger partial charge on any atom is -0.399 e. The SMILES string of the molecule is CCC1CCC(C)C/C1=N\OC. The summed E-state index contributed by atoms with van der Waals surface area (Å²) in [6.07, 6.45) is 4.97. The van der Waals surface area contributed by atoms with E-state index in [9.17, 15) is 0 Å². The summed E-state index contributed by atoms with van der Waals surface area (Å²) in [6, 6.07) is 0. The zero-order chi connectivity index (χ0) is 8.97. The molecule has 12 heavy (non-hydrogen) atoms. The van der Waals surface area contributed by atoms with Crippen molar-refractivity contribution in [2.75, 3.05) is 7.11 Å². The Kier molecular flexibility index (Phi) is 3.57. The van der Waals surface area contributed by atoms with Crippen molar-refractivity contribution in [3.63, 3.8) is 0 Å². The summed E-state index contributed by atoms with van der Waals surface area (Å²) in [5.74, 6) is 1.47. The Bertz CT molecular complexity index is 165. The topological polar surface area (TPSA) is 21.6 Å². The van der Waals surface area contributed by atoms with Crippen molar-refractivity contribution in [1.29, 1.82) is 0 Å². The van der Waals surface area contributed by atoms with E-state index in [0.29, 0.717) is 5.92 Å². The molecule has 1 aliphatic carbocycles. The molecule has 2 unspecified atom stereocenters. The third kappa shape index (κ3) is 2.23. The highest BCUT2D eigenvalue weighted by Gasteiger charge is 2.23. The van der Waals surface area contributed by atoms with Gasteiger partial charge in [0, 0.05) is 5.92 Å². The quantitative estimate of drug-likeness (QED) is 0.582. The van der Waals surface area contributed by atoms with Gasteiger partial charge >= 0.3 is 0 Å². The maximum Gasteiger partial charge on any atom is 0.106 e. The first-order valence-corrected chi connectivity index (χ1v) is 4.87. The Morgan fingerprint density at radius 2 is 2.25 bits per heavy atom. The van der Waals surface area contributed by atoms with E-state index in [2.05, 4.69) is 19.0 Å². The Hall–Kier alpha value is -0.530. The normalized spacial score (nSPS) is 33.8. The highest BCUT2D eigenvalue weighted by Crippen LogP contribution is 2.28. The zero-order valence-electron chi connectivity index (χ0n) is 8.34. The summed E-state index contributed by atoms with van der Waals surface area (Å²) >= 11 is 0. The summed E-state index contributed by atoms with van der Waals surface area (Å²) in [5.41, 5.74) is 1.28. The van der Waals surface area contributed by atoms with Crippen molar-refractivity contribution in [2.45, 2.75) is 39.5 Å². The van der Waals surface area contributed by atoms with E-state index in [1.165, 1.54) is 25.0 Å². The molecule has 0 heterocycles. The summed E-state index contributed by atoms with van der Waals surface area (Å²) in [5, 5.41) is 4.10. The fourth-order valence-corrected chi connectivity index (χ4v) is 1.95. The Morgan fingerprint density at radius 3 is 2.83 bits per heavy atom. The maximum absolute atomic E-state index is 4.85. The molecule has 1 rings (SSSR count). The van der Waals surface area contributed by atoms with Gasteiger partial charge in [0.1, 0.15) is 7.11 Å². The summed E-state index contributed by atoms with van der Waals surface area (Å²) < 4.78 is 0. The first-order chi connectivity index (χ1) is 5.77. The molecule has 0 aromatic heterocycles. The van der Waals surface area contributed by atoms with Gasteiger partial charge in [0.15, 0.2) is 0 Å². The predicted molar refractivity (Wildman–Crippen MR) is 51.2 cm³/mol. The molecule has 0 aromatic carbocycles. The minimum atomic E-state index is 0.682. The summed E-state index contributed by atoms with van der Waals surface area (Å²) in [7, 11) is 1.64. The second-order valence-corrected chi connectivity index (χ2v) is 3.76. The first kappa shape index (κ1) is 9.56. The smallest absolute Gasteiger partial charge is 0.106 e. The molecular formula is C10H19NO. The molecule has 2 atom stereocenters. The highest BCUT2D eigenvalue weighted by molar-refractivity contribution is 5.87. The first-order valence-electron chi connectivity index (χ1n) is 4.87. The highest BCUT2D eigenvalue weighted by atomic mass is 16.6. The van der Waals surface area contributed by atoms with E-state index in [4.69, 9.17) is 4.84 Å². The molecule has 2 heteroatoms. The maximum atomic E-state index is 4.85. The van der Waals surface area contributed by atoms with Gasteiger partial charge in [-0.2, -0.15) is 0 Å². The van der Waals surface area contributed by atoms with Crippen LogP contribution in [-0.4, -0.2) is 12.8 Å². The largest absolute Gasteiger partial charge is 0.399 e. The van der Waals surface area contributed by atoms with Crippen LogP contribution in [0.1, 0.15) is 39.5 Å². The molecule has 0 bridgehead atoms. The van der Waals surface area contributed by atoms with Crippen LogP contribution in [0, 0.1) is 11.8 Å². The van der Waals surface area contributed by atoms with Crippen LogP contribution in [0.5, 0.6) is 0 Å². The van der Waals surface area contributed by atoms with Crippen molar-refractivity contribution in [3.8, 4) is 0 Å². The number of hydrogen-bond acceptors (Lipinski definition) is 2. The molecular weight excluding hydrogens is 150 g/mol. The standard InChI is InChI=1S/C10H19NO/c1-4-9-6-5-8(2)7-10(9)11-12-3/h8-9H,4-7H2,1-3H3/b11-10+. The molecule has 0 N–H and O–H groups in total. The van der Waals surface area contributed by atoms with Crippen molar-refractivity contribution in [1.82, 2.24) is 0 Å². The van der Waals surface area contributed by atoms with Crippen molar-refractivity contribution in [2.24, 2.45) is 17.0 Å². The molecule has 70 valence electrons. The third-order valence-corrected chi connectivity index (χ3v) is 2.74. The Balaban J connectivity index is 2.58. The number of nitrogens with zero attached hydrogens (tertiary/aromatic N) is 1. The van der Waals surface area contributed by atoms with Gasteiger partial charge in [-0.05, 0) is 31.6 Å². The van der Waals surface area contributed by atoms with E-state index in [0.717, 1.165) is 12.3 Å². The molecule has 0 amide bonds. The fraction of sp³-hybridized carbons (Fsp3) is 0.900. The summed E-state index contributed by atoms with van der Waals surface area (Å²) in [4.78, 5) is 4.85. The lowest BCUT2D eigenvalue weighted by Crippen LogP contribution is -2.23. The van der Waals surface area contributed by atoms with Gasteiger partial charge in [-0.15, -0.1) is 0 Å². The second kappa shape index (κ2) is 4.48. The molecule has 0 radical (unpaired) electrons.